The van der Waals surface area contributed by atoms with Crippen LogP contribution >= 0.6 is 0 Å². The molecule has 0 bridgehead atoms. The Morgan fingerprint density at radius 3 is 2.81 bits per heavy atom. The summed E-state index contributed by atoms with van der Waals surface area (Å²) < 4.78 is 5.41. The van der Waals surface area contributed by atoms with E-state index < -0.39 is 0 Å². The second-order valence-electron chi connectivity index (χ2n) is 7.45. The van der Waals surface area contributed by atoms with Gasteiger partial charge in [0.25, 0.3) is 0 Å². The molecule has 116 valence electrons. The first-order valence-electron chi connectivity index (χ1n) is 8.32. The SMILES string of the molecule is CC(=O)O[C@H]1CC[C@@]2(C)C(=CC[C@@H]3C(=O)[C@H](C)CC[C@H]32)C1. The number of rotatable bonds is 1. The number of esters is 1. The lowest BCUT2D eigenvalue weighted by Crippen LogP contribution is -2.48. The van der Waals surface area contributed by atoms with Gasteiger partial charge >= 0.3 is 5.97 Å². The summed E-state index contributed by atoms with van der Waals surface area (Å²) in [4.78, 5) is 23.7. The standard InChI is InChI=1S/C18H26O3/c1-11-4-7-16-15(17(11)20)6-5-13-10-14(21-12(2)19)8-9-18(13,16)3/h5,11,14-16H,4,6-10H2,1-3H3/t11-,14+,15+,16-,18+/m1/s1. The van der Waals surface area contributed by atoms with E-state index in [4.69, 9.17) is 4.74 Å². The fourth-order valence-electron chi connectivity index (χ4n) is 4.93. The van der Waals surface area contributed by atoms with Crippen molar-refractivity contribution in [1.29, 1.82) is 0 Å². The van der Waals surface area contributed by atoms with Crippen LogP contribution in [0.2, 0.25) is 0 Å². The van der Waals surface area contributed by atoms with E-state index in [0.29, 0.717) is 11.7 Å². The van der Waals surface area contributed by atoms with Crippen LogP contribution in [0.25, 0.3) is 0 Å². The van der Waals surface area contributed by atoms with Gasteiger partial charge in [-0.05, 0) is 43.4 Å². The van der Waals surface area contributed by atoms with Crippen LogP contribution in [-0.4, -0.2) is 17.9 Å². The number of carbonyl (C=O) groups excluding carboxylic acids is 2. The highest BCUT2D eigenvalue weighted by Crippen LogP contribution is 2.56. The molecule has 0 unspecified atom stereocenters. The maximum absolute atomic E-state index is 12.5. The number of allylic oxidation sites excluding steroid dienone is 1. The molecule has 3 heteroatoms. The minimum absolute atomic E-state index is 0.0385. The second-order valence-corrected chi connectivity index (χ2v) is 7.45. The maximum Gasteiger partial charge on any atom is 0.302 e. The minimum Gasteiger partial charge on any atom is -0.462 e. The molecule has 2 fully saturated rings. The summed E-state index contributed by atoms with van der Waals surface area (Å²) in [5, 5.41) is 0. The topological polar surface area (TPSA) is 43.4 Å². The van der Waals surface area contributed by atoms with E-state index in [1.54, 1.807) is 0 Å². The van der Waals surface area contributed by atoms with Gasteiger partial charge in [-0.3, -0.25) is 9.59 Å². The molecule has 0 aliphatic heterocycles. The number of ketones is 1. The largest absolute Gasteiger partial charge is 0.462 e. The van der Waals surface area contributed by atoms with E-state index >= 15 is 0 Å². The Balaban J connectivity index is 1.82. The summed E-state index contributed by atoms with van der Waals surface area (Å²) in [6, 6.07) is 0. The fourth-order valence-corrected chi connectivity index (χ4v) is 4.93. The van der Waals surface area contributed by atoms with E-state index in [2.05, 4.69) is 19.9 Å². The van der Waals surface area contributed by atoms with Crippen molar-refractivity contribution in [3.8, 4) is 0 Å². The predicted molar refractivity (Wildman–Crippen MR) is 80.6 cm³/mol. The van der Waals surface area contributed by atoms with Crippen molar-refractivity contribution in [1.82, 2.24) is 0 Å². The highest BCUT2D eigenvalue weighted by atomic mass is 16.5. The van der Waals surface area contributed by atoms with E-state index in [1.165, 1.54) is 18.9 Å². The van der Waals surface area contributed by atoms with E-state index in [-0.39, 0.29) is 29.3 Å². The lowest BCUT2D eigenvalue weighted by molar-refractivity contribution is -0.148. The highest BCUT2D eigenvalue weighted by Gasteiger charge is 2.51. The smallest absolute Gasteiger partial charge is 0.302 e. The molecule has 0 aromatic carbocycles. The molecular weight excluding hydrogens is 264 g/mol. The van der Waals surface area contributed by atoms with Gasteiger partial charge in [-0.15, -0.1) is 0 Å². The van der Waals surface area contributed by atoms with Crippen molar-refractivity contribution >= 4 is 11.8 Å². The van der Waals surface area contributed by atoms with Crippen molar-refractivity contribution < 1.29 is 14.3 Å². The van der Waals surface area contributed by atoms with Gasteiger partial charge < -0.3 is 4.74 Å². The third-order valence-corrected chi connectivity index (χ3v) is 6.18. The Hall–Kier alpha value is -1.12. The molecule has 3 nitrogen and oxygen atoms in total. The number of hydrogen-bond acceptors (Lipinski definition) is 3. The second kappa shape index (κ2) is 5.26. The van der Waals surface area contributed by atoms with Gasteiger partial charge in [-0.1, -0.05) is 25.5 Å². The quantitative estimate of drug-likeness (QED) is 0.546. The summed E-state index contributed by atoms with van der Waals surface area (Å²) in [6.45, 7) is 5.90. The van der Waals surface area contributed by atoms with Crippen molar-refractivity contribution in [3.63, 3.8) is 0 Å². The molecule has 0 aromatic rings. The molecule has 0 N–H and O–H groups in total. The molecular formula is C18H26O3. The molecule has 3 rings (SSSR count). The Bertz CT molecular complexity index is 493. The minimum atomic E-state index is -0.181. The van der Waals surface area contributed by atoms with Gasteiger partial charge in [0, 0.05) is 25.2 Å². The van der Waals surface area contributed by atoms with Crippen LogP contribution in [-0.2, 0) is 14.3 Å². The Kier molecular flexibility index (Phi) is 3.71. The van der Waals surface area contributed by atoms with Gasteiger partial charge in [0.05, 0.1) is 0 Å². The maximum atomic E-state index is 12.5. The molecule has 3 aliphatic carbocycles. The van der Waals surface area contributed by atoms with Crippen molar-refractivity contribution in [2.24, 2.45) is 23.2 Å². The molecule has 0 saturated heterocycles. The van der Waals surface area contributed by atoms with E-state index in [9.17, 15) is 9.59 Å². The predicted octanol–water partition coefficient (Wildman–Crippen LogP) is 3.67. The number of hydrogen-bond donors (Lipinski definition) is 0. The number of Topliss-reactive ketones (excluding diaryl/α,β-unsaturated/α-hetero) is 1. The van der Waals surface area contributed by atoms with Crippen LogP contribution < -0.4 is 0 Å². The molecule has 0 spiro atoms. The van der Waals surface area contributed by atoms with Crippen molar-refractivity contribution in [3.05, 3.63) is 11.6 Å². The average molecular weight is 290 g/mol. The lowest BCUT2D eigenvalue weighted by atomic mass is 9.52. The fraction of sp³-hybridized carbons (Fsp3) is 0.778. The molecule has 2 saturated carbocycles. The van der Waals surface area contributed by atoms with Crippen LogP contribution in [0.3, 0.4) is 0 Å². The summed E-state index contributed by atoms with van der Waals surface area (Å²) in [6.07, 6.45) is 8.26. The molecule has 5 atom stereocenters. The Morgan fingerprint density at radius 1 is 1.33 bits per heavy atom. The van der Waals surface area contributed by atoms with E-state index in [0.717, 1.165) is 32.1 Å². The van der Waals surface area contributed by atoms with Gasteiger partial charge in [-0.2, -0.15) is 0 Å². The zero-order valence-corrected chi connectivity index (χ0v) is 13.4. The molecule has 21 heavy (non-hydrogen) atoms. The van der Waals surface area contributed by atoms with Crippen molar-refractivity contribution in [2.45, 2.75) is 65.4 Å². The Morgan fingerprint density at radius 2 is 2.10 bits per heavy atom. The normalized spacial score (nSPS) is 42.6. The lowest BCUT2D eigenvalue weighted by Gasteiger charge is -2.52. The first-order chi connectivity index (χ1) is 9.91. The van der Waals surface area contributed by atoms with Crippen LogP contribution in [0.15, 0.2) is 11.6 Å². The van der Waals surface area contributed by atoms with Crippen LogP contribution in [0.4, 0.5) is 0 Å². The summed E-state index contributed by atoms with van der Waals surface area (Å²) in [5.41, 5.74) is 1.58. The van der Waals surface area contributed by atoms with Crippen LogP contribution in [0.5, 0.6) is 0 Å². The van der Waals surface area contributed by atoms with Gasteiger partial charge in [0.15, 0.2) is 0 Å². The first kappa shape index (κ1) is 14.8. The summed E-state index contributed by atoms with van der Waals surface area (Å²) in [5.74, 6) is 1.26. The number of fused-ring (bicyclic) bond motifs is 3. The van der Waals surface area contributed by atoms with Crippen LogP contribution in [0, 0.1) is 23.2 Å². The zero-order chi connectivity index (χ0) is 15.2. The molecule has 3 aliphatic rings. The molecule has 0 heterocycles. The highest BCUT2D eigenvalue weighted by molar-refractivity contribution is 5.84. The van der Waals surface area contributed by atoms with Gasteiger partial charge in [0.1, 0.15) is 11.9 Å². The monoisotopic (exact) mass is 290 g/mol. The average Bonchev–Trinajstić information content (AvgIpc) is 2.42. The van der Waals surface area contributed by atoms with Gasteiger partial charge in [-0.25, -0.2) is 0 Å². The third-order valence-electron chi connectivity index (χ3n) is 6.18. The zero-order valence-electron chi connectivity index (χ0n) is 13.4. The number of ether oxygens (including phenoxy) is 1. The van der Waals surface area contributed by atoms with Crippen molar-refractivity contribution in [2.75, 3.05) is 0 Å². The van der Waals surface area contributed by atoms with Crippen LogP contribution in [0.1, 0.15) is 59.3 Å². The van der Waals surface area contributed by atoms with Gasteiger partial charge in [0.2, 0.25) is 0 Å². The molecule has 0 aromatic heterocycles. The summed E-state index contributed by atoms with van der Waals surface area (Å²) >= 11 is 0. The first-order valence-corrected chi connectivity index (χ1v) is 8.32. The summed E-state index contributed by atoms with van der Waals surface area (Å²) in [7, 11) is 0. The Labute approximate surface area is 127 Å². The van der Waals surface area contributed by atoms with E-state index in [1.807, 2.05) is 0 Å². The third kappa shape index (κ3) is 2.45. The number of carbonyl (C=O) groups is 2. The molecule has 0 amide bonds. The molecule has 0 radical (unpaired) electrons.